The quantitative estimate of drug-likeness (QED) is 0.825. The highest BCUT2D eigenvalue weighted by Crippen LogP contribution is 2.37. The van der Waals surface area contributed by atoms with Crippen molar-refractivity contribution in [2.75, 3.05) is 0 Å². The maximum absolute atomic E-state index is 12.2. The van der Waals surface area contributed by atoms with Crippen molar-refractivity contribution in [1.29, 1.82) is 0 Å². The van der Waals surface area contributed by atoms with Gasteiger partial charge in [0, 0.05) is 18.0 Å². The molecule has 0 saturated heterocycles. The van der Waals surface area contributed by atoms with Gasteiger partial charge in [-0.15, -0.1) is 0 Å². The summed E-state index contributed by atoms with van der Waals surface area (Å²) in [6.45, 7) is 0. The molecule has 1 atom stereocenters. The second kappa shape index (κ2) is 3.92. The molecule has 0 aliphatic carbocycles. The molecule has 14 heavy (non-hydrogen) atoms. The van der Waals surface area contributed by atoms with E-state index < -0.39 is 12.2 Å². The number of alkyl halides is 3. The predicted molar refractivity (Wildman–Crippen MR) is 47.2 cm³/mol. The summed E-state index contributed by atoms with van der Waals surface area (Å²) < 4.78 is 36.7. The summed E-state index contributed by atoms with van der Waals surface area (Å²) in [5, 5.41) is -0.385. The number of nitrogens with two attached hydrogens (primary N) is 1. The van der Waals surface area contributed by atoms with Crippen LogP contribution in [0.1, 0.15) is 11.6 Å². The van der Waals surface area contributed by atoms with Crippen molar-refractivity contribution in [2.24, 2.45) is 5.73 Å². The van der Waals surface area contributed by atoms with Crippen molar-refractivity contribution in [1.82, 2.24) is 4.98 Å². The van der Waals surface area contributed by atoms with E-state index in [1.807, 2.05) is 0 Å². The van der Waals surface area contributed by atoms with E-state index in [2.05, 4.69) is 4.98 Å². The highest BCUT2D eigenvalue weighted by molar-refractivity contribution is 6.35. The fourth-order valence-corrected chi connectivity index (χ4v) is 1.48. The molecule has 0 unspecified atom stereocenters. The molecule has 0 fully saturated rings. The van der Waals surface area contributed by atoms with Gasteiger partial charge >= 0.3 is 6.18 Å². The fraction of sp³-hybridized carbons (Fsp3) is 0.286. The lowest BCUT2D eigenvalue weighted by Crippen LogP contribution is -2.29. The Morgan fingerprint density at radius 1 is 1.21 bits per heavy atom. The lowest BCUT2D eigenvalue weighted by Gasteiger charge is -2.17. The van der Waals surface area contributed by atoms with Crippen molar-refractivity contribution in [3.8, 4) is 0 Å². The van der Waals surface area contributed by atoms with Crippen LogP contribution in [0, 0.1) is 0 Å². The zero-order valence-electron chi connectivity index (χ0n) is 6.65. The van der Waals surface area contributed by atoms with Gasteiger partial charge in [0.25, 0.3) is 0 Å². The third-order valence-corrected chi connectivity index (χ3v) is 2.16. The summed E-state index contributed by atoms with van der Waals surface area (Å²) in [7, 11) is 0. The van der Waals surface area contributed by atoms with Gasteiger partial charge < -0.3 is 5.73 Å². The van der Waals surface area contributed by atoms with Crippen LogP contribution in [-0.2, 0) is 0 Å². The van der Waals surface area contributed by atoms with E-state index in [1.54, 1.807) is 0 Å². The summed E-state index contributed by atoms with van der Waals surface area (Å²) in [5.41, 5.74) is 4.60. The van der Waals surface area contributed by atoms with E-state index in [4.69, 9.17) is 28.9 Å². The first-order valence-electron chi connectivity index (χ1n) is 3.45. The average Bonchev–Trinajstić information content (AvgIpc) is 2.01. The number of pyridine rings is 1. The summed E-state index contributed by atoms with van der Waals surface area (Å²) >= 11 is 11.0. The molecule has 0 aliphatic rings. The highest BCUT2D eigenvalue weighted by atomic mass is 35.5. The first-order valence-corrected chi connectivity index (χ1v) is 4.21. The number of hydrogen-bond acceptors (Lipinski definition) is 2. The molecular weight excluding hydrogens is 240 g/mol. The van der Waals surface area contributed by atoms with Crippen LogP contribution in [0.4, 0.5) is 13.2 Å². The molecule has 0 saturated carbocycles. The van der Waals surface area contributed by atoms with E-state index in [-0.39, 0.29) is 15.6 Å². The molecule has 7 heteroatoms. The minimum absolute atomic E-state index is 0.192. The van der Waals surface area contributed by atoms with Gasteiger partial charge in [0.15, 0.2) is 0 Å². The van der Waals surface area contributed by atoms with Gasteiger partial charge in [-0.2, -0.15) is 13.2 Å². The molecule has 2 nitrogen and oxygen atoms in total. The summed E-state index contributed by atoms with van der Waals surface area (Å²) in [6.07, 6.45) is -2.45. The minimum atomic E-state index is -4.57. The first kappa shape index (κ1) is 11.6. The van der Waals surface area contributed by atoms with Crippen molar-refractivity contribution in [3.05, 3.63) is 28.0 Å². The molecule has 0 bridgehead atoms. The van der Waals surface area contributed by atoms with Crippen LogP contribution in [0.15, 0.2) is 12.4 Å². The molecule has 1 heterocycles. The van der Waals surface area contributed by atoms with Gasteiger partial charge in [0.2, 0.25) is 0 Å². The Labute approximate surface area is 87.8 Å². The van der Waals surface area contributed by atoms with E-state index in [9.17, 15) is 13.2 Å². The summed E-state index contributed by atoms with van der Waals surface area (Å²) in [5.74, 6) is 0. The van der Waals surface area contributed by atoms with Crippen molar-refractivity contribution in [3.63, 3.8) is 0 Å². The molecule has 0 spiro atoms. The van der Waals surface area contributed by atoms with Gasteiger partial charge in [0.05, 0.1) is 10.0 Å². The highest BCUT2D eigenvalue weighted by Gasteiger charge is 2.40. The Morgan fingerprint density at radius 3 is 2.00 bits per heavy atom. The molecule has 0 radical (unpaired) electrons. The maximum Gasteiger partial charge on any atom is 0.407 e. The second-order valence-electron chi connectivity index (χ2n) is 2.54. The Bertz CT molecular complexity index is 320. The lowest BCUT2D eigenvalue weighted by molar-refractivity contribution is -0.149. The number of hydrogen-bond donors (Lipinski definition) is 1. The van der Waals surface area contributed by atoms with Crippen molar-refractivity contribution in [2.45, 2.75) is 12.2 Å². The average molecular weight is 245 g/mol. The Morgan fingerprint density at radius 2 is 1.64 bits per heavy atom. The zero-order chi connectivity index (χ0) is 10.9. The second-order valence-corrected chi connectivity index (χ2v) is 3.35. The van der Waals surface area contributed by atoms with E-state index >= 15 is 0 Å². The predicted octanol–water partition coefficient (Wildman–Crippen LogP) is 2.95. The van der Waals surface area contributed by atoms with Crippen LogP contribution < -0.4 is 5.73 Å². The third kappa shape index (κ3) is 2.29. The van der Waals surface area contributed by atoms with E-state index in [1.165, 1.54) is 0 Å². The molecule has 0 amide bonds. The van der Waals surface area contributed by atoms with Gasteiger partial charge in [-0.1, -0.05) is 23.2 Å². The van der Waals surface area contributed by atoms with Crippen LogP contribution in [0.2, 0.25) is 10.0 Å². The molecule has 78 valence electrons. The Kier molecular flexibility index (Phi) is 3.24. The molecule has 1 aromatic rings. The number of aromatic nitrogens is 1. The molecule has 1 rings (SSSR count). The van der Waals surface area contributed by atoms with E-state index in [0.717, 1.165) is 12.4 Å². The SMILES string of the molecule is N[C@H](c1c(Cl)cncc1Cl)C(F)(F)F. The monoisotopic (exact) mass is 244 g/mol. The van der Waals surface area contributed by atoms with Gasteiger partial charge in [-0.05, 0) is 0 Å². The number of nitrogens with zero attached hydrogens (tertiary/aromatic N) is 1. The standard InChI is InChI=1S/C7H5Cl2F3N2/c8-3-1-14-2-4(9)5(3)6(13)7(10,11)12/h1-2,6H,13H2/t6-/m1/s1. The molecule has 0 aromatic carbocycles. The Hall–Kier alpha value is -0.520. The van der Waals surface area contributed by atoms with Crippen molar-refractivity contribution < 1.29 is 13.2 Å². The van der Waals surface area contributed by atoms with Gasteiger partial charge in [-0.3, -0.25) is 4.98 Å². The molecule has 2 N–H and O–H groups in total. The maximum atomic E-state index is 12.2. The topological polar surface area (TPSA) is 38.9 Å². The minimum Gasteiger partial charge on any atom is -0.316 e. The number of rotatable bonds is 1. The molecule has 1 aromatic heterocycles. The smallest absolute Gasteiger partial charge is 0.316 e. The first-order chi connectivity index (χ1) is 6.34. The lowest BCUT2D eigenvalue weighted by atomic mass is 10.1. The fourth-order valence-electron chi connectivity index (χ4n) is 0.882. The van der Waals surface area contributed by atoms with Crippen LogP contribution in [0.25, 0.3) is 0 Å². The third-order valence-electron chi connectivity index (χ3n) is 1.55. The van der Waals surface area contributed by atoms with Gasteiger partial charge in [0.1, 0.15) is 6.04 Å². The summed E-state index contributed by atoms with van der Waals surface area (Å²) in [6, 6.07) is -2.19. The zero-order valence-corrected chi connectivity index (χ0v) is 8.16. The Balaban J connectivity index is 3.19. The van der Waals surface area contributed by atoms with Gasteiger partial charge in [-0.25, -0.2) is 0 Å². The van der Waals surface area contributed by atoms with Crippen LogP contribution in [0.3, 0.4) is 0 Å². The number of halogens is 5. The van der Waals surface area contributed by atoms with E-state index in [0.29, 0.717) is 0 Å². The largest absolute Gasteiger partial charge is 0.407 e. The van der Waals surface area contributed by atoms with Crippen LogP contribution >= 0.6 is 23.2 Å². The summed E-state index contributed by atoms with van der Waals surface area (Å²) in [4.78, 5) is 3.52. The molecule has 0 aliphatic heterocycles. The normalized spacial score (nSPS) is 14.1. The van der Waals surface area contributed by atoms with Crippen LogP contribution in [-0.4, -0.2) is 11.2 Å². The molecular formula is C7H5Cl2F3N2. The van der Waals surface area contributed by atoms with Crippen LogP contribution in [0.5, 0.6) is 0 Å². The van der Waals surface area contributed by atoms with Crippen molar-refractivity contribution >= 4 is 23.2 Å².